The molecule has 0 atom stereocenters. The van der Waals surface area contributed by atoms with Gasteiger partial charge in [0.1, 0.15) is 10.8 Å². The SMILES string of the molecule is Nc1nc(N2CCC2)ncc1Cl. The van der Waals surface area contributed by atoms with Gasteiger partial charge in [0, 0.05) is 13.1 Å². The Kier molecular flexibility index (Phi) is 1.77. The predicted octanol–water partition coefficient (Wildman–Crippen LogP) is 0.922. The fraction of sp³-hybridized carbons (Fsp3) is 0.429. The molecule has 1 aromatic rings. The van der Waals surface area contributed by atoms with Crippen molar-refractivity contribution in [3.63, 3.8) is 0 Å². The highest BCUT2D eigenvalue weighted by atomic mass is 35.5. The Hall–Kier alpha value is -1.03. The largest absolute Gasteiger partial charge is 0.382 e. The van der Waals surface area contributed by atoms with Crippen molar-refractivity contribution in [3.8, 4) is 0 Å². The lowest BCUT2D eigenvalue weighted by Crippen LogP contribution is -2.38. The van der Waals surface area contributed by atoms with Gasteiger partial charge >= 0.3 is 0 Å². The third-order valence-corrected chi connectivity index (χ3v) is 2.19. The van der Waals surface area contributed by atoms with E-state index in [2.05, 4.69) is 14.9 Å². The third kappa shape index (κ3) is 1.18. The van der Waals surface area contributed by atoms with Crippen molar-refractivity contribution in [2.24, 2.45) is 0 Å². The van der Waals surface area contributed by atoms with Crippen LogP contribution in [0.5, 0.6) is 0 Å². The molecule has 5 heteroatoms. The summed E-state index contributed by atoms with van der Waals surface area (Å²) in [6.07, 6.45) is 2.74. The summed E-state index contributed by atoms with van der Waals surface area (Å²) >= 11 is 5.68. The van der Waals surface area contributed by atoms with E-state index in [1.807, 2.05) is 0 Å². The number of nitrogens with two attached hydrogens (primary N) is 1. The predicted molar refractivity (Wildman–Crippen MR) is 48.3 cm³/mol. The van der Waals surface area contributed by atoms with Crippen molar-refractivity contribution < 1.29 is 0 Å². The average Bonchev–Trinajstić information content (AvgIpc) is 1.93. The van der Waals surface area contributed by atoms with Gasteiger partial charge in [0.05, 0.1) is 6.20 Å². The Labute approximate surface area is 75.4 Å². The van der Waals surface area contributed by atoms with Gasteiger partial charge in [0.2, 0.25) is 5.95 Å². The summed E-state index contributed by atoms with van der Waals surface area (Å²) < 4.78 is 0. The molecule has 2 rings (SSSR count). The molecule has 1 fully saturated rings. The molecule has 2 N–H and O–H groups in total. The molecule has 2 heterocycles. The lowest BCUT2D eigenvalue weighted by atomic mass is 10.2. The first kappa shape index (κ1) is 7.61. The summed E-state index contributed by atoms with van der Waals surface area (Å²) in [6, 6.07) is 0. The molecule has 0 spiro atoms. The molecular weight excluding hydrogens is 176 g/mol. The second-order valence-corrected chi connectivity index (χ2v) is 3.15. The molecule has 1 aliphatic rings. The second-order valence-electron chi connectivity index (χ2n) is 2.74. The van der Waals surface area contributed by atoms with Crippen LogP contribution in [-0.4, -0.2) is 23.1 Å². The van der Waals surface area contributed by atoms with Gasteiger partial charge in [-0.25, -0.2) is 4.98 Å². The first-order chi connectivity index (χ1) is 5.77. The minimum absolute atomic E-state index is 0.355. The summed E-state index contributed by atoms with van der Waals surface area (Å²) in [4.78, 5) is 10.2. The zero-order valence-corrected chi connectivity index (χ0v) is 7.25. The van der Waals surface area contributed by atoms with Gasteiger partial charge in [-0.1, -0.05) is 11.6 Å². The Bertz CT molecular complexity index is 297. The number of rotatable bonds is 1. The van der Waals surface area contributed by atoms with Crippen LogP contribution in [0.1, 0.15) is 6.42 Å². The van der Waals surface area contributed by atoms with Crippen molar-refractivity contribution in [1.82, 2.24) is 9.97 Å². The second kappa shape index (κ2) is 2.79. The number of halogens is 1. The fourth-order valence-electron chi connectivity index (χ4n) is 1.04. The van der Waals surface area contributed by atoms with Crippen molar-refractivity contribution in [1.29, 1.82) is 0 Å². The molecule has 0 radical (unpaired) electrons. The maximum atomic E-state index is 5.68. The normalized spacial score (nSPS) is 15.9. The van der Waals surface area contributed by atoms with Crippen molar-refractivity contribution >= 4 is 23.4 Å². The molecule has 0 aromatic carbocycles. The zero-order chi connectivity index (χ0) is 8.55. The summed E-state index contributed by atoms with van der Waals surface area (Å²) in [6.45, 7) is 2.03. The smallest absolute Gasteiger partial charge is 0.227 e. The van der Waals surface area contributed by atoms with E-state index in [-0.39, 0.29) is 0 Å². The first-order valence-electron chi connectivity index (χ1n) is 3.80. The monoisotopic (exact) mass is 184 g/mol. The van der Waals surface area contributed by atoms with Gasteiger partial charge in [0.25, 0.3) is 0 Å². The summed E-state index contributed by atoms with van der Waals surface area (Å²) in [5.41, 5.74) is 5.53. The molecule has 0 amide bonds. The molecule has 1 saturated heterocycles. The van der Waals surface area contributed by atoms with E-state index in [0.29, 0.717) is 16.8 Å². The molecule has 0 bridgehead atoms. The number of hydrogen-bond donors (Lipinski definition) is 1. The Morgan fingerprint density at radius 3 is 2.75 bits per heavy atom. The van der Waals surface area contributed by atoms with Gasteiger partial charge < -0.3 is 10.6 Å². The fourth-order valence-corrected chi connectivity index (χ4v) is 1.13. The lowest BCUT2D eigenvalue weighted by Gasteiger charge is -2.30. The Balaban J connectivity index is 2.27. The number of nitrogen functional groups attached to an aromatic ring is 1. The third-order valence-electron chi connectivity index (χ3n) is 1.90. The molecule has 64 valence electrons. The van der Waals surface area contributed by atoms with Crippen LogP contribution >= 0.6 is 11.6 Å². The molecule has 1 aliphatic heterocycles. The topological polar surface area (TPSA) is 55.0 Å². The van der Waals surface area contributed by atoms with E-state index in [4.69, 9.17) is 17.3 Å². The van der Waals surface area contributed by atoms with E-state index in [1.54, 1.807) is 0 Å². The van der Waals surface area contributed by atoms with Gasteiger partial charge in [-0.05, 0) is 6.42 Å². The Morgan fingerprint density at radius 2 is 2.25 bits per heavy atom. The Morgan fingerprint density at radius 1 is 1.50 bits per heavy atom. The van der Waals surface area contributed by atoms with Crippen LogP contribution in [-0.2, 0) is 0 Å². The molecule has 0 aliphatic carbocycles. The summed E-state index contributed by atoms with van der Waals surface area (Å²) in [5, 5.41) is 0.416. The number of nitrogens with zero attached hydrogens (tertiary/aromatic N) is 3. The van der Waals surface area contributed by atoms with E-state index in [0.717, 1.165) is 13.1 Å². The first-order valence-corrected chi connectivity index (χ1v) is 4.18. The molecule has 12 heavy (non-hydrogen) atoms. The van der Waals surface area contributed by atoms with E-state index in [1.165, 1.54) is 12.6 Å². The molecule has 1 aromatic heterocycles. The van der Waals surface area contributed by atoms with Gasteiger partial charge in [-0.2, -0.15) is 4.98 Å². The highest BCUT2D eigenvalue weighted by Crippen LogP contribution is 2.20. The van der Waals surface area contributed by atoms with Crippen LogP contribution in [0.3, 0.4) is 0 Å². The van der Waals surface area contributed by atoms with Crippen molar-refractivity contribution in [2.45, 2.75) is 6.42 Å². The molecule has 0 unspecified atom stereocenters. The minimum Gasteiger partial charge on any atom is -0.382 e. The minimum atomic E-state index is 0.355. The van der Waals surface area contributed by atoms with Crippen LogP contribution in [0.2, 0.25) is 5.02 Å². The van der Waals surface area contributed by atoms with Crippen molar-refractivity contribution in [2.75, 3.05) is 23.7 Å². The van der Waals surface area contributed by atoms with Gasteiger partial charge in [0.15, 0.2) is 0 Å². The van der Waals surface area contributed by atoms with Crippen LogP contribution in [0.25, 0.3) is 0 Å². The molecule has 4 nitrogen and oxygen atoms in total. The number of anilines is 2. The van der Waals surface area contributed by atoms with Crippen LogP contribution < -0.4 is 10.6 Å². The summed E-state index contributed by atoms with van der Waals surface area (Å²) in [7, 11) is 0. The van der Waals surface area contributed by atoms with Crippen LogP contribution in [0, 0.1) is 0 Å². The maximum Gasteiger partial charge on any atom is 0.227 e. The maximum absolute atomic E-state index is 5.68. The standard InChI is InChI=1S/C7H9ClN4/c8-5-4-10-7(11-6(5)9)12-2-1-3-12/h4H,1-3H2,(H2,9,10,11). The van der Waals surface area contributed by atoms with Gasteiger partial charge in [-0.15, -0.1) is 0 Å². The molecule has 0 saturated carbocycles. The number of hydrogen-bond acceptors (Lipinski definition) is 4. The lowest BCUT2D eigenvalue weighted by molar-refractivity contribution is 0.601. The highest BCUT2D eigenvalue weighted by Gasteiger charge is 2.17. The quantitative estimate of drug-likeness (QED) is 0.706. The van der Waals surface area contributed by atoms with E-state index < -0.39 is 0 Å². The van der Waals surface area contributed by atoms with Crippen LogP contribution in [0.15, 0.2) is 6.20 Å². The van der Waals surface area contributed by atoms with Crippen molar-refractivity contribution in [3.05, 3.63) is 11.2 Å². The zero-order valence-electron chi connectivity index (χ0n) is 6.50. The van der Waals surface area contributed by atoms with Crippen LogP contribution in [0.4, 0.5) is 11.8 Å². The highest BCUT2D eigenvalue weighted by molar-refractivity contribution is 6.32. The molecular formula is C7H9ClN4. The average molecular weight is 185 g/mol. The van der Waals surface area contributed by atoms with E-state index >= 15 is 0 Å². The van der Waals surface area contributed by atoms with E-state index in [9.17, 15) is 0 Å². The van der Waals surface area contributed by atoms with Gasteiger partial charge in [-0.3, -0.25) is 0 Å². The summed E-state index contributed by atoms with van der Waals surface area (Å²) in [5.74, 6) is 1.04. The number of aromatic nitrogens is 2.